The maximum atomic E-state index is 9.49. The van der Waals surface area contributed by atoms with Crippen molar-refractivity contribution in [1.29, 1.82) is 0 Å². The highest BCUT2D eigenvalue weighted by molar-refractivity contribution is 5.22. The molecule has 1 saturated heterocycles. The SMILES string of the molecule is CCc1ccc(CN2CCN(Cc3ccccc3)[C@@H](CCO)C2)cc1. The van der Waals surface area contributed by atoms with Crippen molar-refractivity contribution >= 4 is 0 Å². The number of hydrogen-bond donors (Lipinski definition) is 1. The second kappa shape index (κ2) is 9.14. The maximum absolute atomic E-state index is 9.49. The van der Waals surface area contributed by atoms with Crippen LogP contribution in [0, 0.1) is 0 Å². The van der Waals surface area contributed by atoms with Gasteiger partial charge in [-0.25, -0.2) is 0 Å². The summed E-state index contributed by atoms with van der Waals surface area (Å²) in [5.74, 6) is 0. The molecule has 1 N–H and O–H groups in total. The van der Waals surface area contributed by atoms with Gasteiger partial charge in [-0.05, 0) is 29.5 Å². The van der Waals surface area contributed by atoms with E-state index in [1.807, 2.05) is 0 Å². The Morgan fingerprint density at radius 3 is 2.24 bits per heavy atom. The van der Waals surface area contributed by atoms with Gasteiger partial charge in [-0.3, -0.25) is 9.80 Å². The Bertz CT molecular complexity index is 626. The smallest absolute Gasteiger partial charge is 0.0446 e. The molecule has 1 aliphatic heterocycles. The van der Waals surface area contributed by atoms with Crippen molar-refractivity contribution in [3.8, 4) is 0 Å². The maximum Gasteiger partial charge on any atom is 0.0446 e. The standard InChI is InChI=1S/C22H30N2O/c1-2-19-8-10-21(11-9-19)16-23-13-14-24(22(18-23)12-15-25)17-20-6-4-3-5-7-20/h3-11,22,25H,2,12-18H2,1H3/t22-/m0/s1. The summed E-state index contributed by atoms with van der Waals surface area (Å²) >= 11 is 0. The van der Waals surface area contributed by atoms with E-state index in [9.17, 15) is 5.11 Å². The molecule has 2 aromatic carbocycles. The molecule has 1 fully saturated rings. The minimum absolute atomic E-state index is 0.259. The van der Waals surface area contributed by atoms with Gasteiger partial charge in [0, 0.05) is 45.4 Å². The fraction of sp³-hybridized carbons (Fsp3) is 0.455. The minimum atomic E-state index is 0.259. The second-order valence-electron chi connectivity index (χ2n) is 7.03. The molecule has 2 aromatic rings. The highest BCUT2D eigenvalue weighted by Gasteiger charge is 2.26. The van der Waals surface area contributed by atoms with Crippen molar-refractivity contribution in [3.63, 3.8) is 0 Å². The van der Waals surface area contributed by atoms with E-state index in [4.69, 9.17) is 0 Å². The van der Waals surface area contributed by atoms with Crippen LogP contribution in [-0.4, -0.2) is 47.2 Å². The largest absolute Gasteiger partial charge is 0.396 e. The Morgan fingerprint density at radius 2 is 1.56 bits per heavy atom. The van der Waals surface area contributed by atoms with Crippen LogP contribution in [-0.2, 0) is 19.5 Å². The summed E-state index contributed by atoms with van der Waals surface area (Å²) in [4.78, 5) is 5.06. The number of hydrogen-bond acceptors (Lipinski definition) is 3. The van der Waals surface area contributed by atoms with Crippen molar-refractivity contribution < 1.29 is 5.11 Å². The van der Waals surface area contributed by atoms with E-state index in [-0.39, 0.29) is 6.61 Å². The number of aliphatic hydroxyl groups excluding tert-OH is 1. The average Bonchev–Trinajstić information content (AvgIpc) is 2.65. The summed E-state index contributed by atoms with van der Waals surface area (Å²) in [5, 5.41) is 9.49. The zero-order valence-corrected chi connectivity index (χ0v) is 15.3. The first-order valence-electron chi connectivity index (χ1n) is 9.47. The van der Waals surface area contributed by atoms with Crippen molar-refractivity contribution in [2.45, 2.75) is 38.9 Å². The Hall–Kier alpha value is -1.68. The van der Waals surface area contributed by atoms with Crippen LogP contribution >= 0.6 is 0 Å². The van der Waals surface area contributed by atoms with Crippen molar-refractivity contribution in [1.82, 2.24) is 9.80 Å². The van der Waals surface area contributed by atoms with Gasteiger partial charge in [-0.1, -0.05) is 61.5 Å². The predicted octanol–water partition coefficient (Wildman–Crippen LogP) is 3.32. The third kappa shape index (κ3) is 5.15. The molecule has 0 aliphatic carbocycles. The van der Waals surface area contributed by atoms with E-state index in [2.05, 4.69) is 71.3 Å². The molecule has 0 saturated carbocycles. The summed E-state index contributed by atoms with van der Waals surface area (Å²) < 4.78 is 0. The first kappa shape index (κ1) is 18.1. The van der Waals surface area contributed by atoms with Gasteiger partial charge < -0.3 is 5.11 Å². The molecule has 0 spiro atoms. The Morgan fingerprint density at radius 1 is 0.880 bits per heavy atom. The number of aliphatic hydroxyl groups is 1. The van der Waals surface area contributed by atoms with Gasteiger partial charge in [-0.15, -0.1) is 0 Å². The molecule has 1 heterocycles. The van der Waals surface area contributed by atoms with Gasteiger partial charge in [0.1, 0.15) is 0 Å². The molecule has 3 nitrogen and oxygen atoms in total. The molecule has 25 heavy (non-hydrogen) atoms. The van der Waals surface area contributed by atoms with Crippen LogP contribution in [0.5, 0.6) is 0 Å². The molecule has 134 valence electrons. The second-order valence-corrected chi connectivity index (χ2v) is 7.03. The molecule has 0 unspecified atom stereocenters. The molecular weight excluding hydrogens is 308 g/mol. The fourth-order valence-corrected chi connectivity index (χ4v) is 3.69. The Kier molecular flexibility index (Phi) is 6.62. The topological polar surface area (TPSA) is 26.7 Å². The van der Waals surface area contributed by atoms with Crippen LogP contribution in [0.25, 0.3) is 0 Å². The number of rotatable bonds is 7. The first-order chi connectivity index (χ1) is 12.3. The van der Waals surface area contributed by atoms with Crippen LogP contribution in [0.4, 0.5) is 0 Å². The van der Waals surface area contributed by atoms with E-state index in [1.54, 1.807) is 0 Å². The van der Waals surface area contributed by atoms with Crippen molar-refractivity contribution in [2.24, 2.45) is 0 Å². The van der Waals surface area contributed by atoms with E-state index >= 15 is 0 Å². The third-order valence-electron chi connectivity index (χ3n) is 5.22. The number of benzene rings is 2. The Balaban J connectivity index is 1.60. The fourth-order valence-electron chi connectivity index (χ4n) is 3.69. The van der Waals surface area contributed by atoms with Gasteiger partial charge in [0.05, 0.1) is 0 Å². The van der Waals surface area contributed by atoms with E-state index in [0.717, 1.165) is 45.6 Å². The van der Waals surface area contributed by atoms with Crippen molar-refractivity contribution in [2.75, 3.05) is 26.2 Å². The molecule has 3 heteroatoms. The summed E-state index contributed by atoms with van der Waals surface area (Å²) in [5.41, 5.74) is 4.14. The number of nitrogens with zero attached hydrogens (tertiary/aromatic N) is 2. The van der Waals surface area contributed by atoms with Crippen LogP contribution in [0.15, 0.2) is 54.6 Å². The van der Waals surface area contributed by atoms with Crippen LogP contribution in [0.1, 0.15) is 30.0 Å². The molecular formula is C22H30N2O. The van der Waals surface area contributed by atoms with Crippen LogP contribution in [0.3, 0.4) is 0 Å². The van der Waals surface area contributed by atoms with E-state index in [1.165, 1.54) is 16.7 Å². The van der Waals surface area contributed by atoms with E-state index in [0.29, 0.717) is 6.04 Å². The highest BCUT2D eigenvalue weighted by Crippen LogP contribution is 2.18. The summed E-state index contributed by atoms with van der Waals surface area (Å²) in [7, 11) is 0. The average molecular weight is 338 g/mol. The number of piperazine rings is 1. The lowest BCUT2D eigenvalue weighted by Gasteiger charge is -2.41. The lowest BCUT2D eigenvalue weighted by Crippen LogP contribution is -2.52. The summed E-state index contributed by atoms with van der Waals surface area (Å²) in [6, 6.07) is 20.1. The van der Waals surface area contributed by atoms with Crippen LogP contribution in [0.2, 0.25) is 0 Å². The molecule has 0 radical (unpaired) electrons. The first-order valence-corrected chi connectivity index (χ1v) is 9.47. The minimum Gasteiger partial charge on any atom is -0.396 e. The monoisotopic (exact) mass is 338 g/mol. The molecule has 1 aliphatic rings. The lowest BCUT2D eigenvalue weighted by molar-refractivity contribution is 0.0500. The molecule has 3 rings (SSSR count). The number of aryl methyl sites for hydroxylation is 1. The summed E-state index contributed by atoms with van der Waals surface area (Å²) in [6.45, 7) is 7.62. The highest BCUT2D eigenvalue weighted by atomic mass is 16.3. The van der Waals surface area contributed by atoms with Crippen LogP contribution < -0.4 is 0 Å². The van der Waals surface area contributed by atoms with Gasteiger partial charge in [-0.2, -0.15) is 0 Å². The third-order valence-corrected chi connectivity index (χ3v) is 5.22. The Labute approximate surface area is 151 Å². The molecule has 1 atom stereocenters. The summed E-state index contributed by atoms with van der Waals surface area (Å²) in [6.07, 6.45) is 1.94. The molecule has 0 amide bonds. The van der Waals surface area contributed by atoms with E-state index < -0.39 is 0 Å². The quantitative estimate of drug-likeness (QED) is 0.839. The van der Waals surface area contributed by atoms with Gasteiger partial charge in [0.2, 0.25) is 0 Å². The predicted molar refractivity (Wildman–Crippen MR) is 103 cm³/mol. The van der Waals surface area contributed by atoms with Gasteiger partial charge in [0.25, 0.3) is 0 Å². The van der Waals surface area contributed by atoms with Gasteiger partial charge >= 0.3 is 0 Å². The van der Waals surface area contributed by atoms with Crippen molar-refractivity contribution in [3.05, 3.63) is 71.3 Å². The molecule has 0 bridgehead atoms. The lowest BCUT2D eigenvalue weighted by atomic mass is 10.1. The zero-order chi connectivity index (χ0) is 17.5. The normalized spacial score (nSPS) is 19.2. The molecule has 0 aromatic heterocycles. The van der Waals surface area contributed by atoms with Gasteiger partial charge in [0.15, 0.2) is 0 Å². The zero-order valence-electron chi connectivity index (χ0n) is 15.3.